The first-order chi connectivity index (χ1) is 8.63. The van der Waals surface area contributed by atoms with E-state index in [4.69, 9.17) is 4.74 Å². The third-order valence-corrected chi connectivity index (χ3v) is 2.24. The molecule has 1 heterocycles. The molecule has 0 unspecified atom stereocenters. The fourth-order valence-corrected chi connectivity index (χ4v) is 1.43. The Bertz CT molecular complexity index is 395. The van der Waals surface area contributed by atoms with Crippen molar-refractivity contribution in [3.63, 3.8) is 0 Å². The van der Waals surface area contributed by atoms with Crippen molar-refractivity contribution in [2.24, 2.45) is 0 Å². The lowest BCUT2D eigenvalue weighted by Crippen LogP contribution is -2.35. The molecular formula is C12H17N3O3. The summed E-state index contributed by atoms with van der Waals surface area (Å²) in [6, 6.07) is 0.0812. The van der Waals surface area contributed by atoms with E-state index in [2.05, 4.69) is 15.3 Å². The van der Waals surface area contributed by atoms with E-state index in [0.717, 1.165) is 12.8 Å². The third kappa shape index (κ3) is 4.90. The summed E-state index contributed by atoms with van der Waals surface area (Å²) in [4.78, 5) is 30.4. The lowest BCUT2D eigenvalue weighted by Gasteiger charge is -2.12. The van der Waals surface area contributed by atoms with Crippen LogP contribution in [0.3, 0.4) is 0 Å². The van der Waals surface area contributed by atoms with Gasteiger partial charge in [0.2, 0.25) is 0 Å². The Balaban J connectivity index is 2.33. The van der Waals surface area contributed by atoms with Gasteiger partial charge in [0.25, 0.3) is 5.91 Å². The monoisotopic (exact) mass is 251 g/mol. The zero-order chi connectivity index (χ0) is 13.4. The van der Waals surface area contributed by atoms with Crippen LogP contribution in [0.25, 0.3) is 0 Å². The van der Waals surface area contributed by atoms with Gasteiger partial charge in [-0.25, -0.2) is 9.78 Å². The maximum absolute atomic E-state index is 11.5. The molecule has 0 aliphatic heterocycles. The summed E-state index contributed by atoms with van der Waals surface area (Å²) < 4.78 is 4.82. The molecule has 18 heavy (non-hydrogen) atoms. The van der Waals surface area contributed by atoms with Crippen LogP contribution in [0.4, 0.5) is 0 Å². The van der Waals surface area contributed by atoms with Gasteiger partial charge in [-0.3, -0.25) is 9.78 Å². The molecule has 1 atom stereocenters. The normalized spacial score (nSPS) is 11.7. The quantitative estimate of drug-likeness (QED) is 0.761. The number of aromatic nitrogens is 2. The number of carbonyl (C=O) groups excluding carboxylic acids is 2. The Labute approximate surface area is 106 Å². The molecule has 0 spiro atoms. The molecule has 1 N–H and O–H groups in total. The highest BCUT2D eigenvalue weighted by molar-refractivity contribution is 5.89. The van der Waals surface area contributed by atoms with E-state index in [1.165, 1.54) is 18.6 Å². The van der Waals surface area contributed by atoms with Gasteiger partial charge in [-0.05, 0) is 13.3 Å². The van der Waals surface area contributed by atoms with E-state index in [1.807, 2.05) is 13.8 Å². The first kappa shape index (κ1) is 14.1. The fraction of sp³-hybridized carbons (Fsp3) is 0.500. The Morgan fingerprint density at radius 3 is 2.83 bits per heavy atom. The van der Waals surface area contributed by atoms with Crippen LogP contribution in [0.15, 0.2) is 18.6 Å². The van der Waals surface area contributed by atoms with Crippen molar-refractivity contribution in [3.8, 4) is 0 Å². The van der Waals surface area contributed by atoms with Gasteiger partial charge in [0.05, 0.1) is 6.20 Å². The summed E-state index contributed by atoms with van der Waals surface area (Å²) in [7, 11) is 0. The van der Waals surface area contributed by atoms with Crippen molar-refractivity contribution in [3.05, 3.63) is 24.3 Å². The number of nitrogens with one attached hydrogen (secondary N) is 1. The lowest BCUT2D eigenvalue weighted by molar-refractivity contribution is -0.124. The van der Waals surface area contributed by atoms with Gasteiger partial charge in [-0.15, -0.1) is 0 Å². The predicted octanol–water partition coefficient (Wildman–Crippen LogP) is 0.938. The van der Waals surface area contributed by atoms with Crippen LogP contribution in [-0.2, 0) is 9.53 Å². The van der Waals surface area contributed by atoms with Crippen LogP contribution in [0.5, 0.6) is 0 Å². The minimum Gasteiger partial charge on any atom is -0.451 e. The van der Waals surface area contributed by atoms with Crippen LogP contribution in [0.2, 0.25) is 0 Å². The van der Waals surface area contributed by atoms with Crippen LogP contribution in [0, 0.1) is 0 Å². The van der Waals surface area contributed by atoms with Crippen molar-refractivity contribution in [1.29, 1.82) is 0 Å². The number of esters is 1. The molecular weight excluding hydrogens is 234 g/mol. The first-order valence-electron chi connectivity index (χ1n) is 5.86. The number of ether oxygens (including phenoxy) is 1. The Kier molecular flexibility index (Phi) is 5.76. The van der Waals surface area contributed by atoms with Gasteiger partial charge < -0.3 is 10.1 Å². The molecule has 6 heteroatoms. The van der Waals surface area contributed by atoms with Crippen LogP contribution >= 0.6 is 0 Å². The second-order valence-electron chi connectivity index (χ2n) is 3.92. The number of amides is 1. The lowest BCUT2D eigenvalue weighted by atomic mass is 10.2. The van der Waals surface area contributed by atoms with Gasteiger partial charge in [0, 0.05) is 18.4 Å². The van der Waals surface area contributed by atoms with Gasteiger partial charge in [0.15, 0.2) is 12.3 Å². The predicted molar refractivity (Wildman–Crippen MR) is 64.8 cm³/mol. The molecule has 0 aromatic carbocycles. The molecule has 0 aliphatic carbocycles. The van der Waals surface area contributed by atoms with Crippen LogP contribution in [0.1, 0.15) is 37.2 Å². The smallest absolute Gasteiger partial charge is 0.359 e. The Morgan fingerprint density at radius 2 is 2.22 bits per heavy atom. The van der Waals surface area contributed by atoms with Crippen LogP contribution in [-0.4, -0.2) is 34.5 Å². The van der Waals surface area contributed by atoms with E-state index in [1.54, 1.807) is 0 Å². The molecule has 0 bridgehead atoms. The second-order valence-corrected chi connectivity index (χ2v) is 3.92. The minimum absolute atomic E-state index is 0.0812. The molecule has 1 rings (SSSR count). The van der Waals surface area contributed by atoms with E-state index < -0.39 is 5.97 Å². The van der Waals surface area contributed by atoms with Crippen molar-refractivity contribution in [2.75, 3.05) is 6.61 Å². The highest BCUT2D eigenvalue weighted by atomic mass is 16.5. The van der Waals surface area contributed by atoms with Crippen molar-refractivity contribution in [1.82, 2.24) is 15.3 Å². The van der Waals surface area contributed by atoms with Crippen molar-refractivity contribution < 1.29 is 14.3 Å². The molecule has 1 aromatic heterocycles. The summed E-state index contributed by atoms with van der Waals surface area (Å²) in [5, 5.41) is 2.74. The zero-order valence-corrected chi connectivity index (χ0v) is 10.5. The molecule has 0 fully saturated rings. The molecule has 98 valence electrons. The van der Waals surface area contributed by atoms with E-state index in [9.17, 15) is 9.59 Å². The summed E-state index contributed by atoms with van der Waals surface area (Å²) in [6.45, 7) is 3.64. The number of rotatable bonds is 6. The number of nitrogens with zero attached hydrogens (tertiary/aromatic N) is 2. The summed E-state index contributed by atoms with van der Waals surface area (Å²) >= 11 is 0. The largest absolute Gasteiger partial charge is 0.451 e. The van der Waals surface area contributed by atoms with E-state index in [0.29, 0.717) is 0 Å². The van der Waals surface area contributed by atoms with Crippen molar-refractivity contribution >= 4 is 11.9 Å². The molecule has 0 saturated carbocycles. The standard InChI is InChI=1S/C12H17N3O3/c1-3-4-9(2)15-11(16)8-18-12(17)10-7-13-5-6-14-10/h5-7,9H,3-4,8H2,1-2H3,(H,15,16)/t9-/m0/s1. The maximum Gasteiger partial charge on any atom is 0.359 e. The van der Waals surface area contributed by atoms with Crippen LogP contribution < -0.4 is 5.32 Å². The summed E-state index contributed by atoms with van der Waals surface area (Å²) in [5.41, 5.74) is 0.0897. The maximum atomic E-state index is 11.5. The van der Waals surface area contributed by atoms with Gasteiger partial charge >= 0.3 is 5.97 Å². The topological polar surface area (TPSA) is 81.2 Å². The average Bonchev–Trinajstić information content (AvgIpc) is 2.37. The molecule has 0 radical (unpaired) electrons. The highest BCUT2D eigenvalue weighted by Crippen LogP contribution is 1.96. The number of carbonyl (C=O) groups is 2. The van der Waals surface area contributed by atoms with Crippen molar-refractivity contribution in [2.45, 2.75) is 32.7 Å². The number of hydrogen-bond donors (Lipinski definition) is 1. The fourth-order valence-electron chi connectivity index (χ4n) is 1.43. The van der Waals surface area contributed by atoms with Gasteiger partial charge in [-0.2, -0.15) is 0 Å². The van der Waals surface area contributed by atoms with E-state index in [-0.39, 0.29) is 24.2 Å². The second kappa shape index (κ2) is 7.37. The molecule has 0 aliphatic rings. The SMILES string of the molecule is CCC[C@H](C)NC(=O)COC(=O)c1cnccn1. The first-order valence-corrected chi connectivity index (χ1v) is 5.86. The molecule has 1 amide bonds. The Hall–Kier alpha value is -1.98. The average molecular weight is 251 g/mol. The summed E-state index contributed by atoms with van der Waals surface area (Å²) in [5.74, 6) is -0.963. The Morgan fingerprint density at radius 1 is 1.44 bits per heavy atom. The zero-order valence-electron chi connectivity index (χ0n) is 10.5. The third-order valence-electron chi connectivity index (χ3n) is 2.24. The van der Waals surface area contributed by atoms with Gasteiger partial charge in [-0.1, -0.05) is 13.3 Å². The minimum atomic E-state index is -0.651. The molecule has 1 aromatic rings. The molecule has 6 nitrogen and oxygen atoms in total. The molecule has 0 saturated heterocycles. The highest BCUT2D eigenvalue weighted by Gasteiger charge is 2.12. The number of hydrogen-bond acceptors (Lipinski definition) is 5. The van der Waals surface area contributed by atoms with E-state index >= 15 is 0 Å². The summed E-state index contributed by atoms with van der Waals surface area (Å²) in [6.07, 6.45) is 6.01. The van der Waals surface area contributed by atoms with Gasteiger partial charge in [0.1, 0.15) is 0 Å².